The Labute approximate surface area is 333 Å². The van der Waals surface area contributed by atoms with Gasteiger partial charge in [0.15, 0.2) is 0 Å². The molecule has 0 spiro atoms. The smallest absolute Gasteiger partial charge is 0.407 e. The average molecular weight is 772 g/mol. The zero-order valence-electron chi connectivity index (χ0n) is 36.0. The molecule has 0 aromatic carbocycles. The van der Waals surface area contributed by atoms with Crippen molar-refractivity contribution in [2.75, 3.05) is 26.2 Å². The van der Waals surface area contributed by atoms with Crippen LogP contribution in [-0.2, 0) is 23.8 Å². The number of alkyl carbamates (subject to hydrolysis) is 2. The molecular weight excluding hydrogens is 695 g/mol. The highest BCUT2D eigenvalue weighted by Crippen LogP contribution is 2.59. The molecule has 10 heteroatoms. The van der Waals surface area contributed by atoms with Gasteiger partial charge in [-0.25, -0.2) is 9.59 Å². The molecule has 3 amide bonds. The van der Waals surface area contributed by atoms with Crippen molar-refractivity contribution in [3.05, 3.63) is 11.6 Å². The highest BCUT2D eigenvalue weighted by Gasteiger charge is 2.51. The average Bonchev–Trinajstić information content (AvgIpc) is 3.57. The molecule has 0 aliphatic heterocycles. The van der Waals surface area contributed by atoms with Crippen molar-refractivity contribution in [1.82, 2.24) is 15.5 Å². The molecule has 55 heavy (non-hydrogen) atoms. The van der Waals surface area contributed by atoms with Crippen LogP contribution in [0.1, 0.15) is 159 Å². The number of hydrogen-bond donors (Lipinski definition) is 2. The van der Waals surface area contributed by atoms with Crippen LogP contribution < -0.4 is 10.6 Å². The lowest BCUT2D eigenvalue weighted by Crippen LogP contribution is -2.46. The molecule has 4 aliphatic carbocycles. The zero-order valence-corrected chi connectivity index (χ0v) is 36.0. The van der Waals surface area contributed by atoms with Crippen LogP contribution in [0.5, 0.6) is 0 Å². The molecule has 4 rings (SSSR count). The van der Waals surface area contributed by atoms with Crippen LogP contribution in [0.25, 0.3) is 0 Å². The van der Waals surface area contributed by atoms with E-state index in [-0.39, 0.29) is 30.8 Å². The summed E-state index contributed by atoms with van der Waals surface area (Å²) < 4.78 is 16.8. The highest BCUT2D eigenvalue weighted by molar-refractivity contribution is 5.81. The van der Waals surface area contributed by atoms with Crippen molar-refractivity contribution in [1.29, 1.82) is 0 Å². The van der Waals surface area contributed by atoms with E-state index in [2.05, 4.69) is 37.5 Å². The first kappa shape index (κ1) is 44.9. The Morgan fingerprint density at radius 3 is 2.00 bits per heavy atom. The third-order valence-electron chi connectivity index (χ3n) is 12.5. The van der Waals surface area contributed by atoms with E-state index in [9.17, 15) is 19.2 Å². The molecule has 0 aromatic rings. The van der Waals surface area contributed by atoms with Gasteiger partial charge in [0.25, 0.3) is 0 Å². The lowest BCUT2D eigenvalue weighted by molar-refractivity contribution is -0.152. The summed E-state index contributed by atoms with van der Waals surface area (Å²) in [7, 11) is 0. The summed E-state index contributed by atoms with van der Waals surface area (Å²) in [6, 6.07) is 0. The largest absolute Gasteiger partial charge is 0.462 e. The monoisotopic (exact) mass is 772 g/mol. The summed E-state index contributed by atoms with van der Waals surface area (Å²) in [6.45, 7) is 19.5. The second kappa shape index (κ2) is 20.6. The van der Waals surface area contributed by atoms with Gasteiger partial charge < -0.3 is 29.7 Å². The Balaban J connectivity index is 1.31. The van der Waals surface area contributed by atoms with Crippen LogP contribution in [0.3, 0.4) is 0 Å². The molecule has 3 saturated carbocycles. The molecule has 0 radical (unpaired) electrons. The van der Waals surface area contributed by atoms with E-state index < -0.39 is 23.4 Å². The lowest BCUT2D eigenvalue weighted by Gasteiger charge is -2.53. The Hall–Kier alpha value is -2.78. The van der Waals surface area contributed by atoms with E-state index in [1.165, 1.54) is 51.4 Å². The number of fused-ring (bicyclic) bond motifs is 5. The van der Waals surface area contributed by atoms with Gasteiger partial charge in [0.05, 0.1) is 6.42 Å². The minimum atomic E-state index is -0.597. The van der Waals surface area contributed by atoms with Crippen molar-refractivity contribution in [3.8, 4) is 0 Å². The molecule has 4 aliphatic rings. The number of esters is 1. The van der Waals surface area contributed by atoms with Crippen LogP contribution in [0.2, 0.25) is 0 Å². The first-order valence-corrected chi connectivity index (χ1v) is 22.0. The molecule has 7 unspecified atom stereocenters. The predicted molar refractivity (Wildman–Crippen MR) is 217 cm³/mol. The fourth-order valence-corrected chi connectivity index (χ4v) is 10.2. The standard InChI is InChI=1S/C45H77N3O7/c1-30(2)14-10-15-31(3)38-29-33-28-34(19-21-35(33)37-20-18-32-16-11-17-36(32)41(37)38)53-40(50)23-22-39(49)48(26-12-24-46-42(51)54-44(4,5)6)27-13-25-47-43(52)55-45(7,8)9/h29-32,34-38,41H,10-28H2,1-9H3,(H,46,51)(H,47,52)/t31-,32?,34?,35?,36?,37?,38?,41?/m1/s1. The molecular formula is C45H77N3O7. The van der Waals surface area contributed by atoms with Crippen molar-refractivity contribution in [3.63, 3.8) is 0 Å². The van der Waals surface area contributed by atoms with Crippen LogP contribution in [0, 0.1) is 47.3 Å². The van der Waals surface area contributed by atoms with Crippen LogP contribution in [0.15, 0.2) is 11.6 Å². The van der Waals surface area contributed by atoms with E-state index in [0.717, 1.165) is 48.9 Å². The Morgan fingerprint density at radius 1 is 0.764 bits per heavy atom. The summed E-state index contributed by atoms with van der Waals surface area (Å²) in [6.07, 6.45) is 16.4. The molecule has 2 N–H and O–H groups in total. The molecule has 0 aromatic heterocycles. The molecule has 0 bridgehead atoms. The predicted octanol–water partition coefficient (Wildman–Crippen LogP) is 9.60. The highest BCUT2D eigenvalue weighted by atomic mass is 16.6. The van der Waals surface area contributed by atoms with E-state index in [1.54, 1.807) is 10.5 Å². The number of ether oxygens (including phenoxy) is 3. The van der Waals surface area contributed by atoms with Gasteiger partial charge in [-0.2, -0.15) is 0 Å². The van der Waals surface area contributed by atoms with Crippen LogP contribution in [-0.4, -0.2) is 72.4 Å². The van der Waals surface area contributed by atoms with Gasteiger partial charge in [0.1, 0.15) is 17.3 Å². The Morgan fingerprint density at radius 2 is 1.40 bits per heavy atom. The fraction of sp³-hybridized carbons (Fsp3) is 0.867. The van der Waals surface area contributed by atoms with E-state index in [1.807, 2.05) is 41.5 Å². The maximum Gasteiger partial charge on any atom is 0.407 e. The van der Waals surface area contributed by atoms with E-state index in [4.69, 9.17) is 14.2 Å². The number of allylic oxidation sites excluding steroid dienone is 1. The van der Waals surface area contributed by atoms with Crippen LogP contribution >= 0.6 is 0 Å². The minimum absolute atomic E-state index is 0.0317. The number of hydrogen-bond acceptors (Lipinski definition) is 7. The van der Waals surface area contributed by atoms with Gasteiger partial charge in [0, 0.05) is 39.0 Å². The summed E-state index contributed by atoms with van der Waals surface area (Å²) in [5, 5.41) is 5.50. The molecule has 0 heterocycles. The van der Waals surface area contributed by atoms with Gasteiger partial charge in [0.2, 0.25) is 5.91 Å². The van der Waals surface area contributed by atoms with Crippen molar-refractivity contribution in [2.45, 2.75) is 176 Å². The number of nitrogens with zero attached hydrogens (tertiary/aromatic N) is 1. The lowest BCUT2D eigenvalue weighted by atomic mass is 9.52. The maximum absolute atomic E-state index is 13.5. The Kier molecular flexibility index (Phi) is 16.8. The van der Waals surface area contributed by atoms with Crippen LogP contribution in [0.4, 0.5) is 9.59 Å². The molecule has 3 fully saturated rings. The number of carbonyl (C=O) groups excluding carboxylic acids is 4. The van der Waals surface area contributed by atoms with Crippen molar-refractivity contribution < 1.29 is 33.4 Å². The summed E-state index contributed by atoms with van der Waals surface area (Å²) in [5.74, 6) is 5.64. The SMILES string of the molecule is CC(C)CCC[C@@H](C)C1C=C2CC(OC(=O)CCC(=O)N(CCCNC(=O)OC(C)(C)C)CCCNC(=O)OC(C)(C)C)CCC2C2CCC3CCCC3C21. The summed E-state index contributed by atoms with van der Waals surface area (Å²) in [4.78, 5) is 52.7. The number of nitrogens with one attached hydrogen (secondary N) is 2. The minimum Gasteiger partial charge on any atom is -0.462 e. The molecule has 314 valence electrons. The summed E-state index contributed by atoms with van der Waals surface area (Å²) >= 11 is 0. The fourth-order valence-electron chi connectivity index (χ4n) is 10.2. The maximum atomic E-state index is 13.5. The first-order chi connectivity index (χ1) is 25.9. The Bertz CT molecular complexity index is 1260. The van der Waals surface area contributed by atoms with Crippen molar-refractivity contribution >= 4 is 24.1 Å². The second-order valence-corrected chi connectivity index (χ2v) is 19.7. The molecule has 8 atom stereocenters. The van der Waals surface area contributed by atoms with Gasteiger partial charge in [-0.3, -0.25) is 9.59 Å². The number of amides is 3. The quantitative estimate of drug-likeness (QED) is 0.0654. The van der Waals surface area contributed by atoms with Gasteiger partial charge in [-0.15, -0.1) is 0 Å². The molecule has 10 nitrogen and oxygen atoms in total. The number of rotatable bonds is 17. The van der Waals surface area contributed by atoms with E-state index >= 15 is 0 Å². The third kappa shape index (κ3) is 14.6. The normalized spacial score (nSPS) is 26.8. The van der Waals surface area contributed by atoms with Gasteiger partial charge in [-0.1, -0.05) is 64.5 Å². The number of carbonyl (C=O) groups is 4. The molecule has 0 saturated heterocycles. The topological polar surface area (TPSA) is 123 Å². The van der Waals surface area contributed by atoms with Crippen molar-refractivity contribution in [2.24, 2.45) is 47.3 Å². The zero-order chi connectivity index (χ0) is 40.3. The van der Waals surface area contributed by atoms with Gasteiger partial charge in [-0.05, 0) is 134 Å². The third-order valence-corrected chi connectivity index (χ3v) is 12.5. The summed E-state index contributed by atoms with van der Waals surface area (Å²) in [5.41, 5.74) is 0.352. The van der Waals surface area contributed by atoms with E-state index in [0.29, 0.717) is 56.8 Å². The van der Waals surface area contributed by atoms with Gasteiger partial charge >= 0.3 is 18.2 Å². The first-order valence-electron chi connectivity index (χ1n) is 22.0. The second-order valence-electron chi connectivity index (χ2n) is 19.7.